The largest absolute Gasteiger partial charge is 0.411 e. The molecule has 0 radical (unpaired) electrons. The molecule has 0 aliphatic carbocycles. The van der Waals surface area contributed by atoms with E-state index < -0.39 is 0 Å². The van der Waals surface area contributed by atoms with Crippen LogP contribution in [0.3, 0.4) is 0 Å². The van der Waals surface area contributed by atoms with Crippen LogP contribution in [0, 0.1) is 0 Å². The number of nitrogens with zero attached hydrogens (tertiary/aromatic N) is 1. The van der Waals surface area contributed by atoms with E-state index in [4.69, 9.17) is 5.21 Å². The van der Waals surface area contributed by atoms with Gasteiger partial charge in [-0.25, -0.2) is 0 Å². The van der Waals surface area contributed by atoms with Gasteiger partial charge in [0.1, 0.15) is 0 Å². The van der Waals surface area contributed by atoms with Gasteiger partial charge in [-0.05, 0) is 13.3 Å². The van der Waals surface area contributed by atoms with E-state index in [0.717, 1.165) is 12.1 Å². The lowest BCUT2D eigenvalue weighted by molar-refractivity contribution is 0.277. The van der Waals surface area contributed by atoms with Crippen molar-refractivity contribution >= 4 is 5.71 Å². The summed E-state index contributed by atoms with van der Waals surface area (Å²) in [5.74, 6) is 0. The van der Waals surface area contributed by atoms with Gasteiger partial charge in [0.05, 0.1) is 5.71 Å². The summed E-state index contributed by atoms with van der Waals surface area (Å²) in [5, 5.41) is 10.8. The minimum Gasteiger partial charge on any atom is -0.411 e. The summed E-state index contributed by atoms with van der Waals surface area (Å²) < 4.78 is 4.25. The third-order valence-electron chi connectivity index (χ3n) is 0.682. The molecule has 0 bridgehead atoms. The molecule has 0 aliphatic heterocycles. The monoisotopic (exact) mass is 133 g/mol. The quantitative estimate of drug-likeness (QED) is 0.334. The molecular weight excluding hydrogens is 118 g/mol. The first kappa shape index (κ1) is 11.3. The van der Waals surface area contributed by atoms with Crippen molar-refractivity contribution in [2.75, 3.05) is 14.2 Å². The van der Waals surface area contributed by atoms with Gasteiger partial charge < -0.3 is 9.94 Å². The van der Waals surface area contributed by atoms with E-state index in [2.05, 4.69) is 9.89 Å². The Labute approximate surface area is 56.3 Å². The predicted molar refractivity (Wildman–Crippen MR) is 38.1 cm³/mol. The Morgan fingerprint density at radius 3 is 1.89 bits per heavy atom. The number of hydrogen-bond acceptors (Lipinski definition) is 3. The molecule has 1 N–H and O–H groups in total. The maximum atomic E-state index is 7.92. The number of rotatable bonds is 1. The van der Waals surface area contributed by atoms with Crippen LogP contribution in [0.2, 0.25) is 0 Å². The topological polar surface area (TPSA) is 41.8 Å². The molecule has 0 aliphatic rings. The van der Waals surface area contributed by atoms with Gasteiger partial charge in [0, 0.05) is 14.2 Å². The lowest BCUT2D eigenvalue weighted by Gasteiger charge is -1.81. The van der Waals surface area contributed by atoms with Gasteiger partial charge in [0.2, 0.25) is 0 Å². The molecule has 9 heavy (non-hydrogen) atoms. The zero-order valence-corrected chi connectivity index (χ0v) is 6.51. The summed E-state index contributed by atoms with van der Waals surface area (Å²) in [4.78, 5) is 0. The Balaban J connectivity index is 0. The van der Waals surface area contributed by atoms with Gasteiger partial charge in [0.15, 0.2) is 0 Å². The highest BCUT2D eigenvalue weighted by molar-refractivity contribution is 5.80. The van der Waals surface area contributed by atoms with E-state index >= 15 is 0 Å². The average Bonchev–Trinajstić information content (AvgIpc) is 1.88. The molecule has 0 saturated heterocycles. The maximum absolute atomic E-state index is 7.92. The molecule has 0 heterocycles. The number of methoxy groups -OCH3 is 1. The minimum atomic E-state index is 0.773. The normalized spacial score (nSPS) is 10.0. The van der Waals surface area contributed by atoms with Gasteiger partial charge in [-0.1, -0.05) is 12.1 Å². The molecule has 3 heteroatoms. The van der Waals surface area contributed by atoms with Crippen molar-refractivity contribution in [3.8, 4) is 0 Å². The third kappa shape index (κ3) is 18.6. The predicted octanol–water partition coefficient (Wildman–Crippen LogP) is 1.51. The Morgan fingerprint density at radius 2 is 1.89 bits per heavy atom. The van der Waals surface area contributed by atoms with E-state index in [1.165, 1.54) is 0 Å². The molecule has 0 aromatic carbocycles. The van der Waals surface area contributed by atoms with Crippen molar-refractivity contribution in [3.05, 3.63) is 0 Å². The van der Waals surface area contributed by atoms with Crippen molar-refractivity contribution in [3.63, 3.8) is 0 Å². The highest BCUT2D eigenvalue weighted by atomic mass is 16.4. The fraction of sp³-hybridized carbons (Fsp3) is 0.833. The van der Waals surface area contributed by atoms with Crippen LogP contribution in [-0.2, 0) is 4.74 Å². The van der Waals surface area contributed by atoms with Gasteiger partial charge in [-0.3, -0.25) is 0 Å². The summed E-state index contributed by atoms with van der Waals surface area (Å²) in [6.07, 6.45) is 0.830. The fourth-order valence-corrected chi connectivity index (χ4v) is 0.0707. The van der Waals surface area contributed by atoms with Crippen molar-refractivity contribution in [2.45, 2.75) is 20.3 Å². The van der Waals surface area contributed by atoms with Crippen LogP contribution in [0.25, 0.3) is 0 Å². The standard InChI is InChI=1S/C4H9NO.C2H6O/c1-3-4(2)5-6;1-3-2/h6H,3H2,1-2H3;1-2H3/b5-4+;. The van der Waals surface area contributed by atoms with Gasteiger partial charge in [-0.2, -0.15) is 0 Å². The van der Waals surface area contributed by atoms with Crippen LogP contribution in [0.15, 0.2) is 5.16 Å². The lowest BCUT2D eigenvalue weighted by Crippen LogP contribution is -1.83. The molecule has 0 rings (SSSR count). The van der Waals surface area contributed by atoms with Gasteiger partial charge >= 0.3 is 0 Å². The molecule has 0 fully saturated rings. The van der Waals surface area contributed by atoms with Crippen LogP contribution >= 0.6 is 0 Å². The first-order valence-corrected chi connectivity index (χ1v) is 2.80. The first-order valence-electron chi connectivity index (χ1n) is 2.80. The minimum absolute atomic E-state index is 0.773. The second-order valence-electron chi connectivity index (χ2n) is 1.60. The van der Waals surface area contributed by atoms with Crippen LogP contribution in [0.4, 0.5) is 0 Å². The van der Waals surface area contributed by atoms with Crippen molar-refractivity contribution in [1.82, 2.24) is 0 Å². The zero-order chi connectivity index (χ0) is 7.70. The molecule has 56 valence electrons. The first-order chi connectivity index (χ1) is 4.22. The zero-order valence-electron chi connectivity index (χ0n) is 6.51. The van der Waals surface area contributed by atoms with Crippen LogP contribution in [0.1, 0.15) is 20.3 Å². The van der Waals surface area contributed by atoms with E-state index in [0.29, 0.717) is 0 Å². The van der Waals surface area contributed by atoms with E-state index in [1.807, 2.05) is 6.92 Å². The fourth-order valence-electron chi connectivity index (χ4n) is 0.0707. The second-order valence-corrected chi connectivity index (χ2v) is 1.60. The average molecular weight is 133 g/mol. The van der Waals surface area contributed by atoms with Crippen LogP contribution in [-0.4, -0.2) is 25.1 Å². The van der Waals surface area contributed by atoms with E-state index in [1.54, 1.807) is 21.1 Å². The lowest BCUT2D eigenvalue weighted by atomic mass is 10.3. The smallest absolute Gasteiger partial charge is 0.0537 e. The molecule has 0 atom stereocenters. The Kier molecular flexibility index (Phi) is 13.0. The second kappa shape index (κ2) is 10.4. The van der Waals surface area contributed by atoms with Gasteiger partial charge in [-0.15, -0.1) is 0 Å². The summed E-state index contributed by atoms with van der Waals surface area (Å²) in [6, 6.07) is 0. The highest BCUT2D eigenvalue weighted by Crippen LogP contribution is 1.78. The molecule has 0 aromatic heterocycles. The SMILES string of the molecule is CC/C(C)=N/O.COC. The summed E-state index contributed by atoms with van der Waals surface area (Å²) in [5.41, 5.74) is 0.773. The maximum Gasteiger partial charge on any atom is 0.0537 e. The van der Waals surface area contributed by atoms with Crippen LogP contribution in [0.5, 0.6) is 0 Å². The van der Waals surface area contributed by atoms with Crippen molar-refractivity contribution in [2.24, 2.45) is 5.16 Å². The number of hydrogen-bond donors (Lipinski definition) is 1. The van der Waals surface area contributed by atoms with Crippen LogP contribution < -0.4 is 0 Å². The number of ether oxygens (including phenoxy) is 1. The highest BCUT2D eigenvalue weighted by Gasteiger charge is 1.77. The molecule has 0 aromatic rings. The molecule has 0 saturated carbocycles. The molecular formula is C6H15NO2. The van der Waals surface area contributed by atoms with E-state index in [9.17, 15) is 0 Å². The Morgan fingerprint density at radius 1 is 1.56 bits per heavy atom. The molecule has 3 nitrogen and oxygen atoms in total. The molecule has 0 spiro atoms. The Hall–Kier alpha value is -0.570. The molecule has 0 amide bonds. The van der Waals surface area contributed by atoms with E-state index in [-0.39, 0.29) is 0 Å². The van der Waals surface area contributed by atoms with Gasteiger partial charge in [0.25, 0.3) is 0 Å². The summed E-state index contributed by atoms with van der Waals surface area (Å²) >= 11 is 0. The molecule has 0 unspecified atom stereocenters. The summed E-state index contributed by atoms with van der Waals surface area (Å²) in [6.45, 7) is 3.72. The van der Waals surface area contributed by atoms with Crippen molar-refractivity contribution in [1.29, 1.82) is 0 Å². The Bertz CT molecular complexity index is 71.5. The third-order valence-corrected chi connectivity index (χ3v) is 0.682. The summed E-state index contributed by atoms with van der Waals surface area (Å²) in [7, 11) is 3.25. The number of oxime groups is 1. The van der Waals surface area contributed by atoms with Crippen molar-refractivity contribution < 1.29 is 9.94 Å².